The van der Waals surface area contributed by atoms with Crippen LogP contribution in [0.25, 0.3) is 0 Å². The summed E-state index contributed by atoms with van der Waals surface area (Å²) < 4.78 is 37.5. The third-order valence-electron chi connectivity index (χ3n) is 4.53. The molecule has 0 aliphatic carbocycles. The Labute approximate surface area is 182 Å². The van der Waals surface area contributed by atoms with Gasteiger partial charge in [0.25, 0.3) is 5.91 Å². The monoisotopic (exact) mass is 440 g/mol. The van der Waals surface area contributed by atoms with Crippen LogP contribution in [0.2, 0.25) is 0 Å². The van der Waals surface area contributed by atoms with Gasteiger partial charge in [-0.05, 0) is 42.0 Å². The lowest BCUT2D eigenvalue weighted by atomic mass is 10.2. The van der Waals surface area contributed by atoms with Gasteiger partial charge in [0.05, 0.1) is 17.7 Å². The van der Waals surface area contributed by atoms with Crippen LogP contribution in [0.3, 0.4) is 0 Å². The van der Waals surface area contributed by atoms with Crippen LogP contribution >= 0.6 is 0 Å². The molecule has 0 radical (unpaired) electrons. The maximum atomic E-state index is 12.8. The zero-order chi connectivity index (χ0) is 22.3. The van der Waals surface area contributed by atoms with Gasteiger partial charge in [-0.3, -0.25) is 4.79 Å². The summed E-state index contributed by atoms with van der Waals surface area (Å²) >= 11 is 0. The lowest BCUT2D eigenvalue weighted by Crippen LogP contribution is -2.26. The normalized spacial score (nSPS) is 11.2. The summed E-state index contributed by atoms with van der Waals surface area (Å²) in [6.45, 7) is 0.0442. The second-order valence-corrected chi connectivity index (χ2v) is 8.80. The van der Waals surface area contributed by atoms with E-state index in [1.165, 1.54) is 42.7 Å². The van der Waals surface area contributed by atoms with Crippen LogP contribution in [-0.2, 0) is 21.4 Å². The van der Waals surface area contributed by atoms with Crippen molar-refractivity contribution in [2.75, 3.05) is 26.1 Å². The predicted octanol–water partition coefficient (Wildman–Crippen LogP) is 3.53. The highest BCUT2D eigenvalue weighted by molar-refractivity contribution is 7.89. The minimum Gasteiger partial charge on any atom is -0.495 e. The number of methoxy groups -OCH3 is 1. The van der Waals surface area contributed by atoms with E-state index in [2.05, 4.69) is 5.32 Å². The van der Waals surface area contributed by atoms with E-state index >= 15 is 0 Å². The van der Waals surface area contributed by atoms with Crippen LogP contribution in [-0.4, -0.2) is 39.4 Å². The highest BCUT2D eigenvalue weighted by atomic mass is 32.2. The smallest absolute Gasteiger partial charge is 0.262 e. The molecule has 8 heteroatoms. The number of carbonyl (C=O) groups excluding carboxylic acids is 1. The lowest BCUT2D eigenvalue weighted by Gasteiger charge is -2.17. The van der Waals surface area contributed by atoms with Crippen molar-refractivity contribution in [1.29, 1.82) is 0 Å². The maximum absolute atomic E-state index is 12.8. The molecule has 0 atom stereocenters. The van der Waals surface area contributed by atoms with Crippen molar-refractivity contribution in [3.63, 3.8) is 0 Å². The molecule has 0 saturated heterocycles. The Morgan fingerprint density at radius 3 is 2.26 bits per heavy atom. The standard InChI is InChI=1S/C23H24N2O5S/c1-25(16-18-8-4-3-5-9-18)31(27,28)20-14-12-19(13-15-20)30-17-23(26)24-21-10-6-7-11-22(21)29-2/h3-15H,16-17H2,1-2H3,(H,24,26). The van der Waals surface area contributed by atoms with Crippen molar-refractivity contribution in [2.45, 2.75) is 11.4 Å². The SMILES string of the molecule is COc1ccccc1NC(=O)COc1ccc(S(=O)(=O)N(C)Cc2ccccc2)cc1. The first-order valence-electron chi connectivity index (χ1n) is 9.56. The van der Waals surface area contributed by atoms with E-state index in [4.69, 9.17) is 9.47 Å². The van der Waals surface area contributed by atoms with E-state index in [1.807, 2.05) is 30.3 Å². The molecule has 162 valence electrons. The average molecular weight is 441 g/mol. The van der Waals surface area contributed by atoms with Crippen LogP contribution in [0, 0.1) is 0 Å². The van der Waals surface area contributed by atoms with Crippen molar-refractivity contribution < 1.29 is 22.7 Å². The summed E-state index contributed by atoms with van der Waals surface area (Å²) in [5.41, 5.74) is 1.44. The first kappa shape index (κ1) is 22.3. The highest BCUT2D eigenvalue weighted by Crippen LogP contribution is 2.23. The number of para-hydroxylation sites is 2. The first-order chi connectivity index (χ1) is 14.9. The van der Waals surface area contributed by atoms with Crippen molar-refractivity contribution in [2.24, 2.45) is 0 Å². The molecule has 31 heavy (non-hydrogen) atoms. The Morgan fingerprint density at radius 1 is 0.935 bits per heavy atom. The summed E-state index contributed by atoms with van der Waals surface area (Å²) in [6, 6.07) is 22.4. The van der Waals surface area contributed by atoms with Gasteiger partial charge >= 0.3 is 0 Å². The van der Waals surface area contributed by atoms with Gasteiger partial charge in [0, 0.05) is 13.6 Å². The molecule has 0 aliphatic rings. The van der Waals surface area contributed by atoms with Crippen LogP contribution in [0.15, 0.2) is 83.8 Å². The van der Waals surface area contributed by atoms with Crippen molar-refractivity contribution >= 4 is 21.6 Å². The van der Waals surface area contributed by atoms with Crippen molar-refractivity contribution in [3.8, 4) is 11.5 Å². The number of nitrogens with one attached hydrogen (secondary N) is 1. The molecule has 7 nitrogen and oxygen atoms in total. The fourth-order valence-electron chi connectivity index (χ4n) is 2.90. The molecule has 0 fully saturated rings. The summed E-state index contributed by atoms with van der Waals surface area (Å²) in [5.74, 6) is 0.577. The van der Waals surface area contributed by atoms with E-state index in [0.717, 1.165) is 5.56 Å². The van der Waals surface area contributed by atoms with Gasteiger partial charge in [0.2, 0.25) is 10.0 Å². The molecule has 1 amide bonds. The van der Waals surface area contributed by atoms with Crippen molar-refractivity contribution in [3.05, 3.63) is 84.4 Å². The molecule has 0 aromatic heterocycles. The van der Waals surface area contributed by atoms with Crippen LogP contribution in [0.5, 0.6) is 11.5 Å². The summed E-state index contributed by atoms with van der Waals surface area (Å²) in [7, 11) is -0.590. The zero-order valence-electron chi connectivity index (χ0n) is 17.3. The third-order valence-corrected chi connectivity index (χ3v) is 6.35. The summed E-state index contributed by atoms with van der Waals surface area (Å²) in [5, 5.41) is 2.71. The Bertz CT molecular complexity index is 1120. The lowest BCUT2D eigenvalue weighted by molar-refractivity contribution is -0.118. The van der Waals surface area contributed by atoms with Gasteiger partial charge in [-0.1, -0.05) is 42.5 Å². The van der Waals surface area contributed by atoms with Gasteiger partial charge in [-0.2, -0.15) is 4.31 Å². The Kier molecular flexibility index (Phi) is 7.28. The number of hydrogen-bond donors (Lipinski definition) is 1. The number of rotatable bonds is 9. The fraction of sp³-hybridized carbons (Fsp3) is 0.174. The Hall–Kier alpha value is -3.36. The summed E-state index contributed by atoms with van der Waals surface area (Å²) in [4.78, 5) is 12.3. The second-order valence-electron chi connectivity index (χ2n) is 6.76. The topological polar surface area (TPSA) is 84.9 Å². The van der Waals surface area contributed by atoms with Gasteiger partial charge in [-0.15, -0.1) is 0 Å². The highest BCUT2D eigenvalue weighted by Gasteiger charge is 2.21. The molecule has 3 rings (SSSR count). The molecule has 0 aliphatic heterocycles. The van der Waals surface area contributed by atoms with E-state index < -0.39 is 10.0 Å². The molecule has 0 unspecified atom stereocenters. The van der Waals surface area contributed by atoms with E-state index in [0.29, 0.717) is 17.2 Å². The number of benzene rings is 3. The van der Waals surface area contributed by atoms with Crippen molar-refractivity contribution in [1.82, 2.24) is 4.31 Å². The molecule has 1 N–H and O–H groups in total. The van der Waals surface area contributed by atoms with Crippen LogP contribution in [0.4, 0.5) is 5.69 Å². The number of carbonyl (C=O) groups is 1. The van der Waals surface area contributed by atoms with Gasteiger partial charge in [0.15, 0.2) is 6.61 Å². The Balaban J connectivity index is 1.58. The minimum absolute atomic E-state index is 0.150. The minimum atomic E-state index is -3.65. The first-order valence-corrected chi connectivity index (χ1v) is 11.0. The number of amides is 1. The van der Waals surface area contributed by atoms with Gasteiger partial charge < -0.3 is 14.8 Å². The average Bonchev–Trinajstić information content (AvgIpc) is 2.79. The quantitative estimate of drug-likeness (QED) is 0.550. The molecular weight excluding hydrogens is 416 g/mol. The number of ether oxygens (including phenoxy) is 2. The third kappa shape index (κ3) is 5.84. The molecule has 0 heterocycles. The molecule has 0 bridgehead atoms. The zero-order valence-corrected chi connectivity index (χ0v) is 18.1. The molecular formula is C23H24N2O5S. The Morgan fingerprint density at radius 2 is 1.58 bits per heavy atom. The van der Waals surface area contributed by atoms with E-state index in [9.17, 15) is 13.2 Å². The second kappa shape index (κ2) is 10.1. The molecule has 0 saturated carbocycles. The predicted molar refractivity (Wildman–Crippen MR) is 119 cm³/mol. The number of hydrogen-bond acceptors (Lipinski definition) is 5. The molecule has 3 aromatic carbocycles. The summed E-state index contributed by atoms with van der Waals surface area (Å²) in [6.07, 6.45) is 0. The number of nitrogens with zero attached hydrogens (tertiary/aromatic N) is 1. The molecule has 3 aromatic rings. The van der Waals surface area contributed by atoms with E-state index in [-0.39, 0.29) is 24.0 Å². The van der Waals surface area contributed by atoms with Gasteiger partial charge in [-0.25, -0.2) is 8.42 Å². The fourth-order valence-corrected chi connectivity index (χ4v) is 4.06. The van der Waals surface area contributed by atoms with E-state index in [1.54, 1.807) is 24.3 Å². The van der Waals surface area contributed by atoms with Crippen LogP contribution in [0.1, 0.15) is 5.56 Å². The van der Waals surface area contributed by atoms with Crippen LogP contribution < -0.4 is 14.8 Å². The number of sulfonamides is 1. The number of anilines is 1. The maximum Gasteiger partial charge on any atom is 0.262 e. The largest absolute Gasteiger partial charge is 0.495 e. The molecule has 0 spiro atoms. The van der Waals surface area contributed by atoms with Gasteiger partial charge in [0.1, 0.15) is 11.5 Å².